The van der Waals surface area contributed by atoms with Crippen molar-refractivity contribution in [2.75, 3.05) is 7.11 Å². The van der Waals surface area contributed by atoms with E-state index in [0.717, 1.165) is 0 Å². The van der Waals surface area contributed by atoms with Crippen LogP contribution in [0.2, 0.25) is 5.02 Å². The highest BCUT2D eigenvalue weighted by Gasteiger charge is 2.46. The van der Waals surface area contributed by atoms with Gasteiger partial charge in [0.1, 0.15) is 17.3 Å². The van der Waals surface area contributed by atoms with Gasteiger partial charge in [0.25, 0.3) is 11.7 Å². The lowest BCUT2D eigenvalue weighted by atomic mass is 9.95. The van der Waals surface area contributed by atoms with Crippen LogP contribution in [0, 0.1) is 5.82 Å². The summed E-state index contributed by atoms with van der Waals surface area (Å²) in [4.78, 5) is 31.4. The van der Waals surface area contributed by atoms with Crippen LogP contribution in [0.4, 0.5) is 4.39 Å². The van der Waals surface area contributed by atoms with E-state index in [0.29, 0.717) is 21.9 Å². The number of amides is 1. The van der Waals surface area contributed by atoms with Crippen molar-refractivity contribution in [1.82, 2.24) is 9.88 Å². The second-order valence-corrected chi connectivity index (χ2v) is 7.60. The highest BCUT2D eigenvalue weighted by molar-refractivity contribution is 6.46. The van der Waals surface area contributed by atoms with Crippen molar-refractivity contribution in [3.8, 4) is 5.75 Å². The van der Waals surface area contributed by atoms with Crippen molar-refractivity contribution in [3.63, 3.8) is 0 Å². The maximum absolute atomic E-state index is 13.6. The Morgan fingerprint density at radius 1 is 1.19 bits per heavy atom. The van der Waals surface area contributed by atoms with Crippen LogP contribution < -0.4 is 4.74 Å². The molecule has 32 heavy (non-hydrogen) atoms. The molecule has 0 spiro atoms. The molecular weight excluding hydrogens is 435 g/mol. The first-order chi connectivity index (χ1) is 15.4. The van der Waals surface area contributed by atoms with Crippen molar-refractivity contribution in [2.45, 2.75) is 12.6 Å². The molecule has 0 bridgehead atoms. The molecule has 1 aliphatic rings. The Kier molecular flexibility index (Phi) is 5.92. The number of methoxy groups -OCH3 is 1. The van der Waals surface area contributed by atoms with Crippen LogP contribution in [0.5, 0.6) is 5.75 Å². The monoisotopic (exact) mass is 452 g/mol. The average Bonchev–Trinajstić information content (AvgIpc) is 3.05. The number of carbonyl (C=O) groups is 2. The van der Waals surface area contributed by atoms with E-state index in [1.807, 2.05) is 0 Å². The van der Waals surface area contributed by atoms with Crippen molar-refractivity contribution < 1.29 is 23.8 Å². The van der Waals surface area contributed by atoms with Gasteiger partial charge >= 0.3 is 0 Å². The minimum atomic E-state index is -0.919. The van der Waals surface area contributed by atoms with Crippen molar-refractivity contribution >= 4 is 29.1 Å². The van der Waals surface area contributed by atoms with Crippen molar-refractivity contribution in [1.29, 1.82) is 0 Å². The number of aliphatic hydroxyl groups excluding tert-OH is 1. The van der Waals surface area contributed by atoms with Crippen LogP contribution in [0.15, 0.2) is 72.6 Å². The molecule has 6 nitrogen and oxygen atoms in total. The lowest BCUT2D eigenvalue weighted by Crippen LogP contribution is -2.29. The standard InChI is InChI=1S/C24H18ClFN2O4/c1-32-19-11-16(6-9-18(19)25)22(29)20-21(15-4-7-17(26)8-5-15)28(24(31)23(20)30)13-14-3-2-10-27-12-14/h2-12,21,29H,13H2,1H3/b22-20-. The summed E-state index contributed by atoms with van der Waals surface area (Å²) in [6, 6.07) is 12.6. The Labute approximate surface area is 188 Å². The molecule has 1 amide bonds. The van der Waals surface area contributed by atoms with Gasteiger partial charge in [0.2, 0.25) is 0 Å². The third-order valence-corrected chi connectivity index (χ3v) is 5.54. The SMILES string of the molecule is COc1cc(/C(O)=C2/C(=O)C(=O)N(Cc3cccnc3)C2c2ccc(F)cc2)ccc1Cl. The molecule has 1 saturated heterocycles. The number of ether oxygens (including phenoxy) is 1. The number of Topliss-reactive ketones (excluding diaryl/α,β-unsaturated/α-hetero) is 1. The first-order valence-corrected chi connectivity index (χ1v) is 10.0. The number of carbonyl (C=O) groups excluding carboxylic acids is 2. The van der Waals surface area contributed by atoms with Crippen LogP contribution in [-0.4, -0.2) is 33.8 Å². The smallest absolute Gasteiger partial charge is 0.295 e. The van der Waals surface area contributed by atoms with E-state index < -0.39 is 23.5 Å². The molecule has 1 atom stereocenters. The number of nitrogens with zero attached hydrogens (tertiary/aromatic N) is 2. The second-order valence-electron chi connectivity index (χ2n) is 7.19. The Morgan fingerprint density at radius 3 is 2.59 bits per heavy atom. The number of likely N-dealkylation sites (tertiary alicyclic amines) is 1. The van der Waals surface area contributed by atoms with E-state index in [9.17, 15) is 19.1 Å². The average molecular weight is 453 g/mol. The molecule has 8 heteroatoms. The minimum absolute atomic E-state index is 0.0845. The van der Waals surface area contributed by atoms with Crippen LogP contribution in [0.3, 0.4) is 0 Å². The largest absolute Gasteiger partial charge is 0.507 e. The highest BCUT2D eigenvalue weighted by Crippen LogP contribution is 2.41. The summed E-state index contributed by atoms with van der Waals surface area (Å²) in [5.41, 5.74) is 1.35. The van der Waals surface area contributed by atoms with Crippen LogP contribution in [0.25, 0.3) is 5.76 Å². The summed E-state index contributed by atoms with van der Waals surface area (Å²) in [5.74, 6) is -2.14. The number of ketones is 1. The fraction of sp³-hybridized carbons (Fsp3) is 0.125. The maximum Gasteiger partial charge on any atom is 0.295 e. The van der Waals surface area contributed by atoms with Gasteiger partial charge in [0, 0.05) is 24.5 Å². The van der Waals surface area contributed by atoms with Crippen LogP contribution in [-0.2, 0) is 16.1 Å². The Morgan fingerprint density at radius 2 is 1.94 bits per heavy atom. The molecule has 1 aliphatic heterocycles. The summed E-state index contributed by atoms with van der Waals surface area (Å²) in [7, 11) is 1.43. The lowest BCUT2D eigenvalue weighted by Gasteiger charge is -2.25. The number of halogens is 2. The molecule has 162 valence electrons. The van der Waals surface area contributed by atoms with Crippen molar-refractivity contribution in [3.05, 3.63) is 100 Å². The van der Waals surface area contributed by atoms with Gasteiger partial charge in [-0.1, -0.05) is 29.8 Å². The van der Waals surface area contributed by atoms with Crippen LogP contribution in [0.1, 0.15) is 22.7 Å². The van der Waals surface area contributed by atoms with Gasteiger partial charge in [-0.3, -0.25) is 14.6 Å². The topological polar surface area (TPSA) is 79.7 Å². The third kappa shape index (κ3) is 3.94. The van der Waals surface area contributed by atoms with E-state index in [1.54, 1.807) is 24.5 Å². The fourth-order valence-corrected chi connectivity index (χ4v) is 3.88. The van der Waals surface area contributed by atoms with E-state index in [1.165, 1.54) is 54.5 Å². The molecule has 1 aromatic heterocycles. The summed E-state index contributed by atoms with van der Waals surface area (Å²) in [6.45, 7) is 0.0845. The number of hydrogen-bond donors (Lipinski definition) is 1. The first-order valence-electron chi connectivity index (χ1n) is 9.67. The number of rotatable bonds is 5. The Bertz CT molecular complexity index is 1210. The number of aromatic nitrogens is 1. The molecule has 4 rings (SSSR count). The van der Waals surface area contributed by atoms with E-state index >= 15 is 0 Å². The van der Waals surface area contributed by atoms with Gasteiger partial charge in [-0.2, -0.15) is 0 Å². The number of benzene rings is 2. The predicted molar refractivity (Wildman–Crippen MR) is 116 cm³/mol. The van der Waals surface area contributed by atoms with Gasteiger partial charge in [-0.25, -0.2) is 4.39 Å². The minimum Gasteiger partial charge on any atom is -0.507 e. The van der Waals surface area contributed by atoms with Crippen molar-refractivity contribution in [2.24, 2.45) is 0 Å². The molecule has 1 N–H and O–H groups in total. The summed E-state index contributed by atoms with van der Waals surface area (Å²) >= 11 is 6.07. The lowest BCUT2D eigenvalue weighted by molar-refractivity contribution is -0.140. The molecular formula is C24H18ClFN2O4. The Hall–Kier alpha value is -3.71. The second kappa shape index (κ2) is 8.80. The number of hydrogen-bond acceptors (Lipinski definition) is 5. The Balaban J connectivity index is 1.87. The quantitative estimate of drug-likeness (QED) is 0.350. The van der Waals surface area contributed by atoms with Gasteiger partial charge < -0.3 is 14.7 Å². The number of aliphatic hydroxyl groups is 1. The summed E-state index contributed by atoms with van der Waals surface area (Å²) in [6.07, 6.45) is 3.19. The summed E-state index contributed by atoms with van der Waals surface area (Å²) in [5, 5.41) is 11.4. The zero-order chi connectivity index (χ0) is 22.8. The molecule has 1 unspecified atom stereocenters. The third-order valence-electron chi connectivity index (χ3n) is 5.23. The first kappa shape index (κ1) is 21.5. The molecule has 2 aromatic carbocycles. The van der Waals surface area contributed by atoms with E-state index in [4.69, 9.17) is 16.3 Å². The molecule has 0 radical (unpaired) electrons. The van der Waals surface area contributed by atoms with Gasteiger partial charge in [-0.05, 0) is 47.5 Å². The maximum atomic E-state index is 13.6. The summed E-state index contributed by atoms with van der Waals surface area (Å²) < 4.78 is 18.8. The van der Waals surface area contributed by atoms with Gasteiger partial charge in [0.05, 0.1) is 23.7 Å². The van der Waals surface area contributed by atoms with Gasteiger partial charge in [0.15, 0.2) is 0 Å². The zero-order valence-corrected chi connectivity index (χ0v) is 17.7. The molecule has 0 aliphatic carbocycles. The zero-order valence-electron chi connectivity index (χ0n) is 17.0. The highest BCUT2D eigenvalue weighted by atomic mass is 35.5. The normalized spacial score (nSPS) is 17.6. The van der Waals surface area contributed by atoms with E-state index in [-0.39, 0.29) is 23.4 Å². The fourth-order valence-electron chi connectivity index (χ4n) is 3.69. The molecule has 3 aromatic rings. The number of pyridine rings is 1. The predicted octanol–water partition coefficient (Wildman–Crippen LogP) is 4.50. The van der Waals surface area contributed by atoms with E-state index in [2.05, 4.69) is 4.98 Å². The molecule has 1 fully saturated rings. The molecule has 2 heterocycles. The van der Waals surface area contributed by atoms with Crippen LogP contribution >= 0.6 is 11.6 Å². The molecule has 0 saturated carbocycles. The van der Waals surface area contributed by atoms with Gasteiger partial charge in [-0.15, -0.1) is 0 Å².